The summed E-state index contributed by atoms with van der Waals surface area (Å²) in [7, 11) is 0. The predicted molar refractivity (Wildman–Crippen MR) is 80.7 cm³/mol. The van der Waals surface area contributed by atoms with Crippen molar-refractivity contribution in [2.75, 3.05) is 12.8 Å². The number of amides is 1. The van der Waals surface area contributed by atoms with E-state index >= 15 is 0 Å². The lowest BCUT2D eigenvalue weighted by Gasteiger charge is -2.26. The molecular formula is C14H18FNOS2. The molecule has 0 spiro atoms. The molecule has 0 radical (unpaired) electrons. The Morgan fingerprint density at radius 2 is 2.16 bits per heavy atom. The molecule has 2 nitrogen and oxygen atoms in total. The quantitative estimate of drug-likeness (QED) is 0.833. The van der Waals surface area contributed by atoms with Gasteiger partial charge in [0.25, 0.3) is 5.91 Å². The summed E-state index contributed by atoms with van der Waals surface area (Å²) in [5.41, 5.74) is 0.0711. The second-order valence-electron chi connectivity index (χ2n) is 4.94. The monoisotopic (exact) mass is 299 g/mol. The lowest BCUT2D eigenvalue weighted by atomic mass is 10.1. The Labute approximate surface area is 123 Å². The Hall–Kier alpha value is -0.680. The minimum atomic E-state index is -0.500. The summed E-state index contributed by atoms with van der Waals surface area (Å²) in [5.74, 6) is -0.853. The fourth-order valence-electron chi connectivity index (χ4n) is 2.50. The molecule has 1 aliphatic rings. The van der Waals surface area contributed by atoms with Crippen molar-refractivity contribution in [3.05, 3.63) is 29.6 Å². The van der Waals surface area contributed by atoms with Gasteiger partial charge in [-0.1, -0.05) is 12.8 Å². The van der Waals surface area contributed by atoms with E-state index in [-0.39, 0.29) is 16.2 Å². The van der Waals surface area contributed by atoms with Crippen molar-refractivity contribution in [3.8, 4) is 0 Å². The molecule has 1 fully saturated rings. The van der Waals surface area contributed by atoms with Crippen LogP contribution in [0.25, 0.3) is 0 Å². The molecule has 0 unspecified atom stereocenters. The largest absolute Gasteiger partial charge is 0.351 e. The lowest BCUT2D eigenvalue weighted by molar-refractivity contribution is 0.0945. The van der Waals surface area contributed by atoms with Gasteiger partial charge in [0.1, 0.15) is 5.82 Å². The average molecular weight is 299 g/mol. The first kappa shape index (κ1) is 14.7. The lowest BCUT2D eigenvalue weighted by Crippen LogP contribution is -2.38. The van der Waals surface area contributed by atoms with Gasteiger partial charge in [-0.2, -0.15) is 11.8 Å². The zero-order valence-corrected chi connectivity index (χ0v) is 12.6. The topological polar surface area (TPSA) is 29.1 Å². The molecule has 0 aromatic heterocycles. The van der Waals surface area contributed by atoms with Crippen LogP contribution in [0.5, 0.6) is 0 Å². The van der Waals surface area contributed by atoms with E-state index in [1.165, 1.54) is 31.0 Å². The van der Waals surface area contributed by atoms with Crippen LogP contribution in [0.2, 0.25) is 0 Å². The summed E-state index contributed by atoms with van der Waals surface area (Å²) in [6.45, 7) is 0.600. The van der Waals surface area contributed by atoms with Crippen molar-refractivity contribution < 1.29 is 9.18 Å². The molecule has 1 aliphatic carbocycles. The van der Waals surface area contributed by atoms with Gasteiger partial charge in [-0.05, 0) is 37.3 Å². The summed E-state index contributed by atoms with van der Waals surface area (Å²) >= 11 is 5.94. The molecule has 5 heteroatoms. The van der Waals surface area contributed by atoms with Crippen molar-refractivity contribution in [3.63, 3.8) is 0 Å². The Balaban J connectivity index is 2.03. The van der Waals surface area contributed by atoms with Crippen LogP contribution in [0.3, 0.4) is 0 Å². The van der Waals surface area contributed by atoms with Crippen LogP contribution in [-0.2, 0) is 0 Å². The maximum atomic E-state index is 13.6. The Kier molecular flexibility index (Phi) is 4.79. The zero-order chi connectivity index (χ0) is 13.9. The van der Waals surface area contributed by atoms with Gasteiger partial charge in [-0.25, -0.2) is 4.39 Å². The number of nitrogens with one attached hydrogen (secondary N) is 1. The van der Waals surface area contributed by atoms with E-state index in [0.29, 0.717) is 11.4 Å². The summed E-state index contributed by atoms with van der Waals surface area (Å²) in [4.78, 5) is 12.6. The van der Waals surface area contributed by atoms with E-state index in [1.54, 1.807) is 11.8 Å². The molecule has 104 valence electrons. The van der Waals surface area contributed by atoms with Gasteiger partial charge >= 0.3 is 0 Å². The van der Waals surface area contributed by atoms with Gasteiger partial charge in [-0.3, -0.25) is 4.79 Å². The van der Waals surface area contributed by atoms with Gasteiger partial charge in [-0.15, -0.1) is 12.6 Å². The molecule has 0 aliphatic heterocycles. The van der Waals surface area contributed by atoms with Crippen molar-refractivity contribution >= 4 is 30.3 Å². The molecule has 0 heterocycles. The van der Waals surface area contributed by atoms with E-state index in [1.807, 2.05) is 0 Å². The van der Waals surface area contributed by atoms with Crippen LogP contribution in [0, 0.1) is 5.82 Å². The molecule has 0 bridgehead atoms. The third-order valence-electron chi connectivity index (χ3n) is 3.71. The first-order valence-corrected chi connectivity index (χ1v) is 8.05. The van der Waals surface area contributed by atoms with E-state index in [0.717, 1.165) is 12.8 Å². The molecule has 1 amide bonds. The highest BCUT2D eigenvalue weighted by atomic mass is 32.2. The Bertz CT molecular complexity index is 473. The highest BCUT2D eigenvalue weighted by molar-refractivity contribution is 8.00. The summed E-state index contributed by atoms with van der Waals surface area (Å²) in [5, 5.41) is 2.87. The SMILES string of the molecule is CSC1(CNC(=O)c2cc(S)ccc2F)CCCC1. The van der Waals surface area contributed by atoms with Crippen LogP contribution < -0.4 is 5.32 Å². The number of hydrogen-bond acceptors (Lipinski definition) is 3. The molecule has 1 aromatic rings. The average Bonchev–Trinajstić information content (AvgIpc) is 2.88. The van der Waals surface area contributed by atoms with Gasteiger partial charge in [0, 0.05) is 16.2 Å². The maximum absolute atomic E-state index is 13.6. The summed E-state index contributed by atoms with van der Waals surface area (Å²) in [6.07, 6.45) is 6.72. The number of thioether (sulfide) groups is 1. The normalized spacial score (nSPS) is 17.4. The van der Waals surface area contributed by atoms with Crippen LogP contribution >= 0.6 is 24.4 Å². The van der Waals surface area contributed by atoms with Gasteiger partial charge in [0.05, 0.1) is 5.56 Å². The Morgan fingerprint density at radius 1 is 1.47 bits per heavy atom. The second kappa shape index (κ2) is 6.18. The fraction of sp³-hybridized carbons (Fsp3) is 0.500. The molecule has 1 saturated carbocycles. The third-order valence-corrected chi connectivity index (χ3v) is 5.41. The van der Waals surface area contributed by atoms with Crippen molar-refractivity contribution in [2.24, 2.45) is 0 Å². The molecule has 2 rings (SSSR count). The predicted octanol–water partition coefficient (Wildman–Crippen LogP) is 3.52. The fourth-order valence-corrected chi connectivity index (χ4v) is 3.61. The van der Waals surface area contributed by atoms with E-state index in [4.69, 9.17) is 0 Å². The first-order valence-electron chi connectivity index (χ1n) is 6.38. The third kappa shape index (κ3) is 3.45. The standard InChI is InChI=1S/C14H18FNOS2/c1-19-14(6-2-3-7-14)9-16-13(17)11-8-10(18)4-5-12(11)15/h4-5,8,18H,2-3,6-7,9H2,1H3,(H,16,17). The highest BCUT2D eigenvalue weighted by Gasteiger charge is 2.33. The van der Waals surface area contributed by atoms with E-state index < -0.39 is 5.82 Å². The molecule has 1 aromatic carbocycles. The maximum Gasteiger partial charge on any atom is 0.254 e. The number of benzene rings is 1. The minimum Gasteiger partial charge on any atom is -0.351 e. The van der Waals surface area contributed by atoms with Crippen LogP contribution in [0.15, 0.2) is 23.1 Å². The number of carbonyl (C=O) groups excluding carboxylic acids is 1. The van der Waals surface area contributed by atoms with Crippen LogP contribution in [0.1, 0.15) is 36.0 Å². The summed E-state index contributed by atoms with van der Waals surface area (Å²) in [6, 6.07) is 4.28. The highest BCUT2D eigenvalue weighted by Crippen LogP contribution is 2.39. The molecule has 19 heavy (non-hydrogen) atoms. The minimum absolute atomic E-state index is 0.0711. The van der Waals surface area contributed by atoms with Gasteiger partial charge in [0.15, 0.2) is 0 Å². The van der Waals surface area contributed by atoms with Gasteiger partial charge in [0.2, 0.25) is 0 Å². The number of carbonyl (C=O) groups is 1. The second-order valence-corrected chi connectivity index (χ2v) is 6.73. The van der Waals surface area contributed by atoms with Crippen LogP contribution in [0.4, 0.5) is 4.39 Å². The molecule has 1 N–H and O–H groups in total. The van der Waals surface area contributed by atoms with Crippen molar-refractivity contribution in [2.45, 2.75) is 35.3 Å². The van der Waals surface area contributed by atoms with E-state index in [9.17, 15) is 9.18 Å². The molecule has 0 saturated heterocycles. The molecule has 0 atom stereocenters. The smallest absolute Gasteiger partial charge is 0.254 e. The van der Waals surface area contributed by atoms with E-state index in [2.05, 4.69) is 24.2 Å². The summed E-state index contributed by atoms with van der Waals surface area (Å²) < 4.78 is 13.7. The first-order chi connectivity index (χ1) is 9.06. The molecular weight excluding hydrogens is 281 g/mol. The van der Waals surface area contributed by atoms with Crippen LogP contribution in [-0.4, -0.2) is 23.5 Å². The number of halogens is 1. The number of hydrogen-bond donors (Lipinski definition) is 2. The zero-order valence-electron chi connectivity index (χ0n) is 10.9. The van der Waals surface area contributed by atoms with Crippen molar-refractivity contribution in [1.82, 2.24) is 5.32 Å². The van der Waals surface area contributed by atoms with Gasteiger partial charge < -0.3 is 5.32 Å². The Morgan fingerprint density at radius 3 is 2.79 bits per heavy atom. The van der Waals surface area contributed by atoms with Crippen molar-refractivity contribution in [1.29, 1.82) is 0 Å². The number of rotatable bonds is 4. The number of thiol groups is 1.